The summed E-state index contributed by atoms with van der Waals surface area (Å²) < 4.78 is 6.82. The van der Waals surface area contributed by atoms with Crippen LogP contribution in [0.3, 0.4) is 0 Å². The smallest absolute Gasteiger partial charge is 0.224 e. The van der Waals surface area contributed by atoms with Gasteiger partial charge >= 0.3 is 0 Å². The van der Waals surface area contributed by atoms with Crippen molar-refractivity contribution in [1.82, 2.24) is 9.97 Å². The zero-order valence-electron chi connectivity index (χ0n) is 13.7. The van der Waals surface area contributed by atoms with Crippen LogP contribution in [0.4, 0.5) is 11.8 Å². The third-order valence-corrected chi connectivity index (χ3v) is 4.25. The number of anilines is 2. The van der Waals surface area contributed by atoms with Crippen molar-refractivity contribution in [3.8, 4) is 5.75 Å². The SMILES string of the molecule is Nc1nc(NCCOc2ccccc2)ncc1Cc1cccc(I)c1. The van der Waals surface area contributed by atoms with E-state index in [1.807, 2.05) is 36.4 Å². The largest absolute Gasteiger partial charge is 0.492 e. The van der Waals surface area contributed by atoms with Gasteiger partial charge in [0.1, 0.15) is 18.2 Å². The minimum atomic E-state index is 0.500. The fraction of sp³-hybridized carbons (Fsp3) is 0.158. The van der Waals surface area contributed by atoms with Crippen LogP contribution in [0, 0.1) is 3.57 Å². The third-order valence-electron chi connectivity index (χ3n) is 3.58. The van der Waals surface area contributed by atoms with Crippen LogP contribution < -0.4 is 15.8 Å². The summed E-state index contributed by atoms with van der Waals surface area (Å²) in [6.07, 6.45) is 2.50. The third kappa shape index (κ3) is 5.32. The van der Waals surface area contributed by atoms with E-state index in [1.54, 1.807) is 6.20 Å². The minimum Gasteiger partial charge on any atom is -0.492 e. The van der Waals surface area contributed by atoms with Crippen LogP contribution in [0.1, 0.15) is 11.1 Å². The van der Waals surface area contributed by atoms with Crippen molar-refractivity contribution in [1.29, 1.82) is 0 Å². The quantitative estimate of drug-likeness (QED) is 0.428. The van der Waals surface area contributed by atoms with Gasteiger partial charge in [-0.1, -0.05) is 30.3 Å². The molecule has 0 aliphatic rings. The van der Waals surface area contributed by atoms with Crippen LogP contribution in [0.25, 0.3) is 0 Å². The molecule has 0 radical (unpaired) electrons. The number of nitrogens with zero attached hydrogens (tertiary/aromatic N) is 2. The Kier molecular flexibility index (Phi) is 6.05. The first kappa shape index (κ1) is 17.5. The number of halogens is 1. The number of nitrogens with two attached hydrogens (primary N) is 1. The van der Waals surface area contributed by atoms with Crippen molar-refractivity contribution in [3.63, 3.8) is 0 Å². The molecule has 3 aromatic rings. The molecule has 0 aliphatic carbocycles. The molecule has 0 spiro atoms. The van der Waals surface area contributed by atoms with Crippen LogP contribution in [-0.4, -0.2) is 23.1 Å². The molecular formula is C19H19IN4O. The van der Waals surface area contributed by atoms with E-state index in [-0.39, 0.29) is 0 Å². The molecule has 6 heteroatoms. The summed E-state index contributed by atoms with van der Waals surface area (Å²) in [7, 11) is 0. The Morgan fingerprint density at radius 1 is 1.08 bits per heavy atom. The summed E-state index contributed by atoms with van der Waals surface area (Å²) in [5.41, 5.74) is 8.20. The van der Waals surface area contributed by atoms with Gasteiger partial charge < -0.3 is 15.8 Å². The number of aromatic nitrogens is 2. The summed E-state index contributed by atoms with van der Waals surface area (Å²) in [5.74, 6) is 1.86. The molecule has 5 nitrogen and oxygen atoms in total. The molecule has 3 N–H and O–H groups in total. The van der Waals surface area contributed by atoms with E-state index in [2.05, 4.69) is 56.1 Å². The lowest BCUT2D eigenvalue weighted by atomic mass is 10.1. The first-order valence-electron chi connectivity index (χ1n) is 7.98. The van der Waals surface area contributed by atoms with Gasteiger partial charge in [0, 0.05) is 21.8 Å². The predicted molar refractivity (Wildman–Crippen MR) is 109 cm³/mol. The molecule has 0 saturated carbocycles. The average Bonchev–Trinajstić information content (AvgIpc) is 2.62. The Morgan fingerprint density at radius 3 is 2.68 bits per heavy atom. The fourth-order valence-electron chi connectivity index (χ4n) is 2.36. The van der Waals surface area contributed by atoms with Gasteiger partial charge in [-0.15, -0.1) is 0 Å². The molecule has 2 aromatic carbocycles. The van der Waals surface area contributed by atoms with E-state index in [0.29, 0.717) is 24.9 Å². The van der Waals surface area contributed by atoms with Crippen molar-refractivity contribution in [2.75, 3.05) is 24.2 Å². The van der Waals surface area contributed by atoms with Crippen molar-refractivity contribution >= 4 is 34.4 Å². The Balaban J connectivity index is 1.53. The van der Waals surface area contributed by atoms with Gasteiger partial charge in [0.25, 0.3) is 0 Å². The minimum absolute atomic E-state index is 0.500. The molecule has 0 amide bonds. The summed E-state index contributed by atoms with van der Waals surface area (Å²) in [4.78, 5) is 8.68. The van der Waals surface area contributed by atoms with E-state index in [4.69, 9.17) is 10.5 Å². The van der Waals surface area contributed by atoms with Gasteiger partial charge in [0.05, 0.1) is 6.54 Å². The maximum absolute atomic E-state index is 6.08. The summed E-state index contributed by atoms with van der Waals surface area (Å²) in [6.45, 7) is 1.13. The molecule has 3 rings (SSSR count). The number of rotatable bonds is 7. The Labute approximate surface area is 160 Å². The number of hydrogen-bond donors (Lipinski definition) is 2. The molecule has 0 atom stereocenters. The summed E-state index contributed by atoms with van der Waals surface area (Å²) in [5, 5.41) is 3.13. The van der Waals surface area contributed by atoms with Crippen molar-refractivity contribution in [3.05, 3.63) is 75.5 Å². The highest BCUT2D eigenvalue weighted by molar-refractivity contribution is 14.1. The lowest BCUT2D eigenvalue weighted by molar-refractivity contribution is 0.332. The van der Waals surface area contributed by atoms with Gasteiger partial charge in [-0.25, -0.2) is 4.98 Å². The first-order valence-corrected chi connectivity index (χ1v) is 9.06. The monoisotopic (exact) mass is 446 g/mol. The van der Waals surface area contributed by atoms with Gasteiger partial charge in [-0.3, -0.25) is 0 Å². The van der Waals surface area contributed by atoms with Gasteiger partial charge in [-0.2, -0.15) is 4.98 Å². The first-order chi connectivity index (χ1) is 12.2. The number of nitrogen functional groups attached to an aromatic ring is 1. The van der Waals surface area contributed by atoms with Crippen LogP contribution in [-0.2, 0) is 6.42 Å². The molecule has 128 valence electrons. The van der Waals surface area contributed by atoms with Gasteiger partial charge in [-0.05, 0) is 52.4 Å². The van der Waals surface area contributed by atoms with E-state index < -0.39 is 0 Å². The van der Waals surface area contributed by atoms with E-state index in [9.17, 15) is 0 Å². The molecule has 0 unspecified atom stereocenters. The molecule has 1 aromatic heterocycles. The zero-order chi connectivity index (χ0) is 17.5. The Morgan fingerprint density at radius 2 is 1.92 bits per heavy atom. The highest BCUT2D eigenvalue weighted by atomic mass is 127. The molecule has 0 saturated heterocycles. The van der Waals surface area contributed by atoms with E-state index in [0.717, 1.165) is 17.7 Å². The molecular weight excluding hydrogens is 427 g/mol. The van der Waals surface area contributed by atoms with Crippen LogP contribution >= 0.6 is 22.6 Å². The van der Waals surface area contributed by atoms with Gasteiger partial charge in [0.15, 0.2) is 0 Å². The zero-order valence-corrected chi connectivity index (χ0v) is 15.8. The molecule has 0 fully saturated rings. The second-order valence-corrected chi connectivity index (χ2v) is 6.74. The van der Waals surface area contributed by atoms with Crippen molar-refractivity contribution in [2.24, 2.45) is 0 Å². The van der Waals surface area contributed by atoms with Crippen molar-refractivity contribution < 1.29 is 4.74 Å². The van der Waals surface area contributed by atoms with Crippen LogP contribution in [0.15, 0.2) is 60.8 Å². The fourth-order valence-corrected chi connectivity index (χ4v) is 2.96. The molecule has 0 aliphatic heterocycles. The lowest BCUT2D eigenvalue weighted by Gasteiger charge is -2.10. The highest BCUT2D eigenvalue weighted by Crippen LogP contribution is 2.17. The number of para-hydroxylation sites is 1. The summed E-state index contributed by atoms with van der Waals surface area (Å²) in [6, 6.07) is 18.0. The van der Waals surface area contributed by atoms with E-state index >= 15 is 0 Å². The number of nitrogens with one attached hydrogen (secondary N) is 1. The topological polar surface area (TPSA) is 73.1 Å². The lowest BCUT2D eigenvalue weighted by Crippen LogP contribution is -2.14. The van der Waals surface area contributed by atoms with Crippen molar-refractivity contribution in [2.45, 2.75) is 6.42 Å². The maximum atomic E-state index is 6.08. The normalized spacial score (nSPS) is 10.4. The second kappa shape index (κ2) is 8.66. The van der Waals surface area contributed by atoms with Gasteiger partial charge in [0.2, 0.25) is 5.95 Å². The average molecular weight is 446 g/mol. The second-order valence-electron chi connectivity index (χ2n) is 5.50. The molecule has 25 heavy (non-hydrogen) atoms. The molecule has 1 heterocycles. The van der Waals surface area contributed by atoms with Crippen LogP contribution in [0.5, 0.6) is 5.75 Å². The number of hydrogen-bond acceptors (Lipinski definition) is 5. The van der Waals surface area contributed by atoms with E-state index in [1.165, 1.54) is 9.13 Å². The maximum Gasteiger partial charge on any atom is 0.224 e. The Hall–Kier alpha value is -2.35. The standard InChI is InChI=1S/C19H19IN4O/c20-16-6-4-5-14(12-16)11-15-13-23-19(24-18(15)21)22-9-10-25-17-7-2-1-3-8-17/h1-8,12-13H,9-11H2,(H3,21,22,23,24). The highest BCUT2D eigenvalue weighted by Gasteiger charge is 2.06. The van der Waals surface area contributed by atoms with Crippen LogP contribution in [0.2, 0.25) is 0 Å². The number of benzene rings is 2. The summed E-state index contributed by atoms with van der Waals surface area (Å²) >= 11 is 2.30. The molecule has 0 bridgehead atoms. The Bertz CT molecular complexity index is 827. The predicted octanol–water partition coefficient (Wildman–Crippen LogP) is 3.75. The number of ether oxygens (including phenoxy) is 1.